The van der Waals surface area contributed by atoms with Crippen LogP contribution in [0.1, 0.15) is 80.5 Å². The van der Waals surface area contributed by atoms with Gasteiger partial charge in [0.2, 0.25) is 0 Å². The highest BCUT2D eigenvalue weighted by Gasteiger charge is 2.54. The number of hydrogen-bond donors (Lipinski definition) is 1. The normalized spacial score (nSPS) is 19.8. The molecule has 45 heavy (non-hydrogen) atoms. The summed E-state index contributed by atoms with van der Waals surface area (Å²) in [6.07, 6.45) is 0.229. The van der Waals surface area contributed by atoms with Crippen LogP contribution >= 0.6 is 8.60 Å². The molecule has 0 unspecified atom stereocenters. The van der Waals surface area contributed by atoms with Crippen LogP contribution in [0.25, 0.3) is 0 Å². The van der Waals surface area contributed by atoms with Gasteiger partial charge in [-0.1, -0.05) is 81.4 Å². The Bertz CT molecular complexity index is 1470. The molecule has 1 N–H and O–H groups in total. The van der Waals surface area contributed by atoms with E-state index in [0.29, 0.717) is 12.0 Å². The van der Waals surface area contributed by atoms with Gasteiger partial charge in [-0.05, 0) is 63.9 Å². The van der Waals surface area contributed by atoms with Crippen LogP contribution in [0.3, 0.4) is 0 Å². The molecule has 0 bridgehead atoms. The minimum absolute atomic E-state index is 0.119. The molecule has 3 atom stereocenters. The Balaban J connectivity index is 1.78. The highest BCUT2D eigenvalue weighted by Crippen LogP contribution is 2.48. The van der Waals surface area contributed by atoms with Crippen molar-refractivity contribution in [3.8, 4) is 0 Å². The number of nitrogens with zero attached hydrogens (tertiary/aromatic N) is 1. The quantitative estimate of drug-likeness (QED) is 0.213. The molecule has 3 aromatic rings. The van der Waals surface area contributed by atoms with Crippen molar-refractivity contribution in [1.29, 1.82) is 0 Å². The van der Waals surface area contributed by atoms with E-state index in [2.05, 4.69) is 50.0 Å². The molecule has 0 saturated carbocycles. The lowest BCUT2D eigenvalue weighted by molar-refractivity contribution is -0.0490. The Morgan fingerprint density at radius 1 is 0.867 bits per heavy atom. The van der Waals surface area contributed by atoms with Crippen LogP contribution in [-0.4, -0.2) is 47.9 Å². The zero-order chi connectivity index (χ0) is 33.2. The van der Waals surface area contributed by atoms with Gasteiger partial charge in [0.25, 0.3) is 13.9 Å². The summed E-state index contributed by atoms with van der Waals surface area (Å²) in [6.45, 7) is 20.2. The standard InChI is InChI=1S/C34H49N2O7PSi/c1-24-22-36(31(38)35-30(24)37)29-21-27(28(40-29)23-39-44(42-32(2,3)4)43-33(5,6)7)41-45(34(8,9)10,25-17-13-11-14-18-25)26-19-15-12-16-20-26/h11-20,22,27-29H,21,23H2,1-10H3,(H,35,37,38)/t27-,28+,29+/m0/s1. The lowest BCUT2D eigenvalue weighted by atomic mass is 10.2. The van der Waals surface area contributed by atoms with Crippen molar-refractivity contribution in [3.63, 3.8) is 0 Å². The van der Waals surface area contributed by atoms with Crippen molar-refractivity contribution in [2.45, 2.75) is 110 Å². The fraction of sp³-hybridized carbons (Fsp3) is 0.529. The van der Waals surface area contributed by atoms with Gasteiger partial charge >= 0.3 is 14.3 Å². The van der Waals surface area contributed by atoms with Gasteiger partial charge in [-0.15, -0.1) is 0 Å². The molecule has 1 aliphatic heterocycles. The Hall–Kier alpha value is -2.43. The first-order chi connectivity index (χ1) is 20.9. The molecule has 246 valence electrons. The van der Waals surface area contributed by atoms with E-state index in [1.165, 1.54) is 4.57 Å². The second kappa shape index (κ2) is 13.7. The monoisotopic (exact) mass is 656 g/mol. The van der Waals surface area contributed by atoms with Crippen LogP contribution < -0.4 is 21.6 Å². The van der Waals surface area contributed by atoms with E-state index in [1.54, 1.807) is 13.1 Å². The predicted molar refractivity (Wildman–Crippen MR) is 182 cm³/mol. The lowest BCUT2D eigenvalue weighted by Gasteiger charge is -2.45. The Labute approximate surface area is 269 Å². The highest BCUT2D eigenvalue weighted by molar-refractivity contribution is 7.41. The molecular formula is C34H49N2O7PSi. The molecule has 1 saturated heterocycles. The van der Waals surface area contributed by atoms with Gasteiger partial charge in [-0.25, -0.2) is 4.79 Å². The van der Waals surface area contributed by atoms with Crippen molar-refractivity contribution in [2.24, 2.45) is 0 Å². The van der Waals surface area contributed by atoms with Crippen molar-refractivity contribution in [2.75, 3.05) is 6.61 Å². The smallest absolute Gasteiger partial charge is 0.333 e. The SMILES string of the molecule is Cc1cn([C@H]2C[C@H](O[Si](c3ccccc3)(c3ccccc3)C(C)(C)C)[C@@H](COP(OC(C)(C)C)OC(C)(C)C)O2)c(=O)[nH]c1=O. The van der Waals surface area contributed by atoms with Gasteiger partial charge in [0, 0.05) is 18.2 Å². The molecule has 1 fully saturated rings. The van der Waals surface area contributed by atoms with Gasteiger partial charge in [0.15, 0.2) is 0 Å². The second-order valence-corrected chi connectivity index (χ2v) is 19.9. The molecule has 4 rings (SSSR count). The first-order valence-corrected chi connectivity index (χ1v) is 18.5. The van der Waals surface area contributed by atoms with Gasteiger partial charge < -0.3 is 22.7 Å². The molecule has 0 aliphatic carbocycles. The number of rotatable bonds is 10. The highest BCUT2D eigenvalue weighted by atomic mass is 31.2. The van der Waals surface area contributed by atoms with Gasteiger partial charge in [0.05, 0.1) is 23.9 Å². The maximum absolute atomic E-state index is 13.0. The number of H-pyrrole nitrogens is 1. The molecule has 1 aromatic heterocycles. The summed E-state index contributed by atoms with van der Waals surface area (Å²) < 4.78 is 34.3. The summed E-state index contributed by atoms with van der Waals surface area (Å²) in [5.74, 6) is 0. The van der Waals surface area contributed by atoms with Crippen LogP contribution in [0, 0.1) is 6.92 Å². The number of aryl methyl sites for hydroxylation is 1. The summed E-state index contributed by atoms with van der Waals surface area (Å²) in [7, 11) is -4.73. The van der Waals surface area contributed by atoms with E-state index in [-0.39, 0.29) is 11.6 Å². The zero-order valence-electron chi connectivity index (χ0n) is 28.2. The summed E-state index contributed by atoms with van der Waals surface area (Å²) in [6, 6.07) is 20.8. The average Bonchev–Trinajstić information content (AvgIpc) is 3.33. The maximum Gasteiger partial charge on any atom is 0.333 e. The number of ether oxygens (including phenoxy) is 1. The molecule has 0 spiro atoms. The van der Waals surface area contributed by atoms with Crippen molar-refractivity contribution in [1.82, 2.24) is 9.55 Å². The van der Waals surface area contributed by atoms with E-state index in [4.69, 9.17) is 22.7 Å². The fourth-order valence-corrected chi connectivity index (χ4v) is 11.5. The predicted octanol–water partition coefficient (Wildman–Crippen LogP) is 5.95. The number of aromatic amines is 1. The van der Waals surface area contributed by atoms with Crippen LogP contribution in [0.15, 0.2) is 76.4 Å². The third-order valence-corrected chi connectivity index (χ3v) is 14.2. The molecule has 11 heteroatoms. The summed E-state index contributed by atoms with van der Waals surface area (Å²) in [5.41, 5.74) is -1.53. The summed E-state index contributed by atoms with van der Waals surface area (Å²) in [4.78, 5) is 27.6. The molecule has 0 amide bonds. The Morgan fingerprint density at radius 3 is 1.84 bits per heavy atom. The topological polar surface area (TPSA) is 101 Å². The van der Waals surface area contributed by atoms with E-state index >= 15 is 0 Å². The molecule has 0 radical (unpaired) electrons. The van der Waals surface area contributed by atoms with Gasteiger partial charge in [0.1, 0.15) is 12.3 Å². The Kier molecular flexibility index (Phi) is 10.8. The number of aromatic nitrogens is 2. The van der Waals surface area contributed by atoms with Crippen molar-refractivity contribution >= 4 is 27.3 Å². The van der Waals surface area contributed by atoms with Crippen molar-refractivity contribution < 1.29 is 22.7 Å². The maximum atomic E-state index is 13.0. The average molecular weight is 657 g/mol. The number of benzene rings is 2. The first-order valence-electron chi connectivity index (χ1n) is 15.5. The molecule has 9 nitrogen and oxygen atoms in total. The van der Waals surface area contributed by atoms with Crippen LogP contribution in [0.4, 0.5) is 0 Å². The van der Waals surface area contributed by atoms with Crippen LogP contribution in [0.2, 0.25) is 5.04 Å². The largest absolute Gasteiger partial charge is 0.402 e. The fourth-order valence-electron chi connectivity index (χ4n) is 5.52. The minimum Gasteiger partial charge on any atom is -0.402 e. The first kappa shape index (κ1) is 35.4. The zero-order valence-corrected chi connectivity index (χ0v) is 30.1. The van der Waals surface area contributed by atoms with E-state index < -0.39 is 57.8 Å². The molecule has 2 aromatic carbocycles. The van der Waals surface area contributed by atoms with Gasteiger partial charge in [-0.2, -0.15) is 0 Å². The number of hydrogen-bond acceptors (Lipinski definition) is 7. The molecule has 2 heterocycles. The van der Waals surface area contributed by atoms with Crippen LogP contribution in [0.5, 0.6) is 0 Å². The van der Waals surface area contributed by atoms with E-state index in [1.807, 2.05) is 77.9 Å². The third-order valence-electron chi connectivity index (χ3n) is 7.42. The lowest BCUT2D eigenvalue weighted by Crippen LogP contribution is -2.68. The molecule has 1 aliphatic rings. The van der Waals surface area contributed by atoms with Crippen molar-refractivity contribution in [3.05, 3.63) is 93.3 Å². The molecular weight excluding hydrogens is 607 g/mol. The summed E-state index contributed by atoms with van der Waals surface area (Å²) in [5, 5.41) is 2.00. The van der Waals surface area contributed by atoms with E-state index in [9.17, 15) is 9.59 Å². The summed E-state index contributed by atoms with van der Waals surface area (Å²) >= 11 is 0. The van der Waals surface area contributed by atoms with E-state index in [0.717, 1.165) is 10.4 Å². The van der Waals surface area contributed by atoms with Gasteiger partial charge in [-0.3, -0.25) is 14.3 Å². The third kappa shape index (κ3) is 8.68. The minimum atomic E-state index is -2.99. The Morgan fingerprint density at radius 2 is 1.38 bits per heavy atom. The van der Waals surface area contributed by atoms with Crippen LogP contribution in [-0.2, 0) is 22.7 Å². The number of nitrogens with one attached hydrogen (secondary N) is 1. The second-order valence-electron chi connectivity index (χ2n) is 14.6.